The molecular formula is C12H8ClFN2O3. The third-order valence-corrected chi connectivity index (χ3v) is 2.74. The number of aromatic amines is 1. The van der Waals surface area contributed by atoms with Gasteiger partial charge in [-0.3, -0.25) is 9.59 Å². The molecule has 1 heterocycles. The first kappa shape index (κ1) is 13.2. The summed E-state index contributed by atoms with van der Waals surface area (Å²) in [5, 5.41) is 0.133. The maximum absolute atomic E-state index is 13.7. The first-order chi connectivity index (χ1) is 8.91. The minimum absolute atomic E-state index is 0.133. The Labute approximate surface area is 111 Å². The normalized spacial score (nSPS) is 10.5. The molecule has 0 aliphatic carbocycles. The largest absolute Gasteiger partial charge is 0.333 e. The molecule has 0 spiro atoms. The quantitative estimate of drug-likeness (QED) is 0.849. The van der Waals surface area contributed by atoms with Gasteiger partial charge in [-0.05, 0) is 25.1 Å². The molecule has 0 atom stereocenters. The van der Waals surface area contributed by atoms with Crippen molar-refractivity contribution in [3.63, 3.8) is 0 Å². The molecule has 0 saturated heterocycles. The zero-order valence-corrected chi connectivity index (χ0v) is 10.5. The molecule has 2 rings (SSSR count). The monoisotopic (exact) mass is 282 g/mol. The molecule has 1 aromatic heterocycles. The van der Waals surface area contributed by atoms with Crippen LogP contribution in [0.5, 0.6) is 0 Å². The summed E-state index contributed by atoms with van der Waals surface area (Å²) in [5.74, 6) is -1.36. The van der Waals surface area contributed by atoms with Crippen LogP contribution in [0.3, 0.4) is 0 Å². The number of carbonyl (C=O) groups excluding carboxylic acids is 1. The van der Waals surface area contributed by atoms with Gasteiger partial charge in [-0.15, -0.1) is 0 Å². The molecule has 5 nitrogen and oxygen atoms in total. The van der Waals surface area contributed by atoms with E-state index in [1.807, 2.05) is 0 Å². The lowest BCUT2D eigenvalue weighted by Gasteiger charge is -2.07. The molecule has 0 bridgehead atoms. The molecule has 19 heavy (non-hydrogen) atoms. The van der Waals surface area contributed by atoms with Gasteiger partial charge < -0.3 is 4.98 Å². The average Bonchev–Trinajstić information content (AvgIpc) is 2.31. The second-order valence-corrected chi connectivity index (χ2v) is 4.24. The second kappa shape index (κ2) is 4.81. The third kappa shape index (κ3) is 2.34. The van der Waals surface area contributed by atoms with Crippen molar-refractivity contribution in [3.05, 3.63) is 61.6 Å². The Morgan fingerprint density at radius 2 is 2.05 bits per heavy atom. The number of ketones is 1. The summed E-state index contributed by atoms with van der Waals surface area (Å²) in [5.41, 5.74) is -2.21. The maximum Gasteiger partial charge on any atom is 0.333 e. The fourth-order valence-corrected chi connectivity index (χ4v) is 1.77. The lowest BCUT2D eigenvalue weighted by atomic mass is 10.2. The van der Waals surface area contributed by atoms with Gasteiger partial charge in [-0.25, -0.2) is 13.8 Å². The van der Waals surface area contributed by atoms with E-state index >= 15 is 0 Å². The van der Waals surface area contributed by atoms with Gasteiger partial charge in [0.1, 0.15) is 5.82 Å². The molecule has 0 radical (unpaired) electrons. The first-order valence-corrected chi connectivity index (χ1v) is 5.60. The Balaban J connectivity index is 2.82. The molecule has 1 N–H and O–H groups in total. The predicted octanol–water partition coefficient (Wildman–Crippen LogP) is 1.52. The van der Waals surface area contributed by atoms with E-state index in [1.54, 1.807) is 0 Å². The van der Waals surface area contributed by atoms with E-state index in [-0.39, 0.29) is 16.3 Å². The number of Topliss-reactive ketones (excluding diaryl/α,β-unsaturated/α-hetero) is 1. The molecule has 0 aliphatic heterocycles. The molecule has 0 saturated carbocycles. The number of halogens is 2. The Morgan fingerprint density at radius 1 is 1.37 bits per heavy atom. The standard InChI is InChI=1S/C12H8ClFN2O3/c1-6(17)8-5-15-12(19)16(11(8)18)10-3-2-7(13)4-9(10)14/h2-5H,1H3,(H,15,19). The van der Waals surface area contributed by atoms with Crippen molar-refractivity contribution in [1.29, 1.82) is 0 Å². The van der Waals surface area contributed by atoms with E-state index in [9.17, 15) is 18.8 Å². The number of aromatic nitrogens is 2. The van der Waals surface area contributed by atoms with E-state index in [0.717, 1.165) is 12.3 Å². The SMILES string of the molecule is CC(=O)c1c[nH]c(=O)n(-c2ccc(Cl)cc2F)c1=O. The van der Waals surface area contributed by atoms with Gasteiger partial charge in [0.2, 0.25) is 0 Å². The van der Waals surface area contributed by atoms with Crippen LogP contribution in [0.2, 0.25) is 5.02 Å². The Kier molecular flexibility index (Phi) is 3.35. The van der Waals surface area contributed by atoms with Crippen molar-refractivity contribution < 1.29 is 9.18 Å². The highest BCUT2D eigenvalue weighted by Crippen LogP contribution is 2.16. The minimum atomic E-state index is -0.877. The Hall–Kier alpha value is -2.21. The number of hydrogen-bond acceptors (Lipinski definition) is 3. The van der Waals surface area contributed by atoms with E-state index in [2.05, 4.69) is 4.98 Å². The minimum Gasteiger partial charge on any atom is -0.313 e. The van der Waals surface area contributed by atoms with E-state index in [0.29, 0.717) is 4.57 Å². The van der Waals surface area contributed by atoms with Crippen LogP contribution in [0.4, 0.5) is 4.39 Å². The van der Waals surface area contributed by atoms with Crippen LogP contribution in [0.1, 0.15) is 17.3 Å². The molecule has 98 valence electrons. The van der Waals surface area contributed by atoms with Gasteiger partial charge in [-0.1, -0.05) is 11.6 Å². The van der Waals surface area contributed by atoms with Crippen molar-refractivity contribution >= 4 is 17.4 Å². The molecule has 0 aliphatic rings. The number of H-pyrrole nitrogens is 1. The molecular weight excluding hydrogens is 275 g/mol. The first-order valence-electron chi connectivity index (χ1n) is 5.23. The summed E-state index contributed by atoms with van der Waals surface area (Å²) in [6.07, 6.45) is 1.01. The van der Waals surface area contributed by atoms with Crippen molar-refractivity contribution in [2.75, 3.05) is 0 Å². The summed E-state index contributed by atoms with van der Waals surface area (Å²) >= 11 is 5.60. The molecule has 0 fully saturated rings. The fourth-order valence-electron chi connectivity index (χ4n) is 1.61. The van der Waals surface area contributed by atoms with E-state index in [1.165, 1.54) is 19.1 Å². The maximum atomic E-state index is 13.7. The number of hydrogen-bond donors (Lipinski definition) is 1. The average molecular weight is 283 g/mol. The van der Waals surface area contributed by atoms with Gasteiger partial charge in [0.05, 0.1) is 11.3 Å². The van der Waals surface area contributed by atoms with Crippen molar-refractivity contribution in [1.82, 2.24) is 9.55 Å². The van der Waals surface area contributed by atoms with Crippen LogP contribution in [-0.2, 0) is 0 Å². The smallest absolute Gasteiger partial charge is 0.313 e. The Morgan fingerprint density at radius 3 is 2.63 bits per heavy atom. The van der Waals surface area contributed by atoms with Crippen molar-refractivity contribution in [2.24, 2.45) is 0 Å². The Bertz CT molecular complexity index is 779. The van der Waals surface area contributed by atoms with Gasteiger partial charge in [0.25, 0.3) is 5.56 Å². The molecule has 0 unspecified atom stereocenters. The summed E-state index contributed by atoms with van der Waals surface area (Å²) in [4.78, 5) is 37.1. The summed E-state index contributed by atoms with van der Waals surface area (Å²) in [6.45, 7) is 1.18. The number of rotatable bonds is 2. The lowest BCUT2D eigenvalue weighted by Crippen LogP contribution is -2.36. The lowest BCUT2D eigenvalue weighted by molar-refractivity contribution is 0.101. The number of nitrogens with one attached hydrogen (secondary N) is 1. The number of nitrogens with zero attached hydrogens (tertiary/aromatic N) is 1. The topological polar surface area (TPSA) is 71.9 Å². The van der Waals surface area contributed by atoms with Crippen molar-refractivity contribution in [3.8, 4) is 5.69 Å². The summed E-state index contributed by atoms with van der Waals surface area (Å²) < 4.78 is 14.3. The number of benzene rings is 1. The fraction of sp³-hybridized carbons (Fsp3) is 0.0833. The van der Waals surface area contributed by atoms with Crippen LogP contribution in [0, 0.1) is 5.82 Å². The highest BCUT2D eigenvalue weighted by molar-refractivity contribution is 6.30. The van der Waals surface area contributed by atoms with Crippen molar-refractivity contribution in [2.45, 2.75) is 6.92 Å². The summed E-state index contributed by atoms with van der Waals surface area (Å²) in [6, 6.07) is 3.51. The number of carbonyl (C=O) groups is 1. The summed E-state index contributed by atoms with van der Waals surface area (Å²) in [7, 11) is 0. The molecule has 1 aromatic carbocycles. The zero-order chi connectivity index (χ0) is 14.2. The van der Waals surface area contributed by atoms with Crippen LogP contribution >= 0.6 is 11.6 Å². The van der Waals surface area contributed by atoms with Gasteiger partial charge in [0.15, 0.2) is 5.78 Å². The molecule has 0 amide bonds. The third-order valence-electron chi connectivity index (χ3n) is 2.51. The van der Waals surface area contributed by atoms with Crippen LogP contribution < -0.4 is 11.2 Å². The molecule has 2 aromatic rings. The van der Waals surface area contributed by atoms with Gasteiger partial charge >= 0.3 is 5.69 Å². The van der Waals surface area contributed by atoms with E-state index < -0.39 is 22.8 Å². The van der Waals surface area contributed by atoms with Crippen LogP contribution in [-0.4, -0.2) is 15.3 Å². The van der Waals surface area contributed by atoms with Crippen LogP contribution in [0.15, 0.2) is 34.0 Å². The van der Waals surface area contributed by atoms with Gasteiger partial charge in [-0.2, -0.15) is 0 Å². The van der Waals surface area contributed by atoms with Crippen LogP contribution in [0.25, 0.3) is 5.69 Å². The van der Waals surface area contributed by atoms with Gasteiger partial charge in [0, 0.05) is 11.2 Å². The predicted molar refractivity (Wildman–Crippen MR) is 67.6 cm³/mol. The molecule has 7 heteroatoms. The zero-order valence-electron chi connectivity index (χ0n) is 9.74. The highest BCUT2D eigenvalue weighted by Gasteiger charge is 2.15. The van der Waals surface area contributed by atoms with E-state index in [4.69, 9.17) is 11.6 Å². The highest BCUT2D eigenvalue weighted by atomic mass is 35.5. The second-order valence-electron chi connectivity index (χ2n) is 3.80.